The summed E-state index contributed by atoms with van der Waals surface area (Å²) in [5, 5.41) is 10.9. The smallest absolute Gasteiger partial charge is 0.271 e. The Morgan fingerprint density at radius 2 is 2.09 bits per heavy atom. The molecule has 0 N–H and O–H groups in total. The minimum Gasteiger partial charge on any atom is -0.362 e. The van der Waals surface area contributed by atoms with E-state index in [9.17, 15) is 19.7 Å². The summed E-state index contributed by atoms with van der Waals surface area (Å²) in [6.45, 7) is 1.79. The lowest BCUT2D eigenvalue weighted by atomic mass is 9.78. The number of non-ortho nitro benzene ring substituents is 1. The molecule has 3 aliphatic rings. The maximum Gasteiger partial charge on any atom is 0.271 e. The molecule has 2 amide bonds. The van der Waals surface area contributed by atoms with E-state index in [-0.39, 0.29) is 23.2 Å². The van der Waals surface area contributed by atoms with E-state index in [1.807, 2.05) is 12.2 Å². The number of benzene rings is 1. The second kappa shape index (κ2) is 4.01. The third kappa shape index (κ3) is 1.48. The van der Waals surface area contributed by atoms with Crippen LogP contribution in [0.3, 0.4) is 0 Å². The number of nitrogens with zero attached hydrogens (tertiary/aromatic N) is 2. The van der Waals surface area contributed by atoms with Crippen molar-refractivity contribution in [3.05, 3.63) is 46.5 Å². The number of carbonyl (C=O) groups excluding carboxylic acids is 2. The van der Waals surface area contributed by atoms with Crippen molar-refractivity contribution in [2.75, 3.05) is 4.90 Å². The van der Waals surface area contributed by atoms with Crippen molar-refractivity contribution in [2.24, 2.45) is 11.8 Å². The predicted molar refractivity (Wildman–Crippen MR) is 75.0 cm³/mol. The second-order valence-electron chi connectivity index (χ2n) is 5.92. The Morgan fingerprint density at radius 3 is 2.77 bits per heavy atom. The van der Waals surface area contributed by atoms with E-state index in [1.54, 1.807) is 6.92 Å². The van der Waals surface area contributed by atoms with Gasteiger partial charge in [-0.15, -0.1) is 0 Å². The number of carbonyl (C=O) groups is 2. The van der Waals surface area contributed by atoms with Gasteiger partial charge in [0.1, 0.15) is 0 Å². The van der Waals surface area contributed by atoms with Gasteiger partial charge in [-0.1, -0.05) is 18.2 Å². The normalized spacial score (nSPS) is 35.3. The Bertz CT molecular complexity index is 758. The molecule has 2 fully saturated rings. The highest BCUT2D eigenvalue weighted by Gasteiger charge is 2.66. The fourth-order valence-electron chi connectivity index (χ4n) is 3.65. The Balaban J connectivity index is 1.77. The molecule has 0 radical (unpaired) electrons. The minimum absolute atomic E-state index is 0.154. The zero-order valence-corrected chi connectivity index (χ0v) is 11.6. The quantitative estimate of drug-likeness (QED) is 0.357. The third-order valence-electron chi connectivity index (χ3n) is 4.63. The molecule has 0 spiro atoms. The van der Waals surface area contributed by atoms with Crippen molar-refractivity contribution in [1.29, 1.82) is 0 Å². The molecular weight excluding hydrogens is 288 g/mol. The van der Waals surface area contributed by atoms with E-state index < -0.39 is 28.5 Å². The number of imide groups is 1. The predicted octanol–water partition coefficient (Wildman–Crippen LogP) is 1.43. The van der Waals surface area contributed by atoms with Crippen LogP contribution < -0.4 is 4.90 Å². The van der Waals surface area contributed by atoms with Crippen LogP contribution in [0.2, 0.25) is 0 Å². The van der Waals surface area contributed by atoms with Crippen LogP contribution in [-0.2, 0) is 14.3 Å². The Hall–Kier alpha value is -2.54. The second-order valence-corrected chi connectivity index (χ2v) is 5.92. The molecule has 7 heteroatoms. The van der Waals surface area contributed by atoms with Crippen molar-refractivity contribution < 1.29 is 19.2 Å². The van der Waals surface area contributed by atoms with Crippen LogP contribution in [0.25, 0.3) is 0 Å². The highest BCUT2D eigenvalue weighted by Crippen LogP contribution is 2.52. The summed E-state index contributed by atoms with van der Waals surface area (Å²) in [7, 11) is 0. The van der Waals surface area contributed by atoms with Crippen LogP contribution in [0.15, 0.2) is 36.4 Å². The monoisotopic (exact) mass is 300 g/mol. The number of amides is 2. The van der Waals surface area contributed by atoms with Crippen LogP contribution in [0.5, 0.6) is 0 Å². The van der Waals surface area contributed by atoms with Crippen LogP contribution in [-0.4, -0.2) is 28.4 Å². The summed E-state index contributed by atoms with van der Waals surface area (Å²) >= 11 is 0. The lowest BCUT2D eigenvalue weighted by Crippen LogP contribution is -2.38. The Labute approximate surface area is 125 Å². The van der Waals surface area contributed by atoms with Crippen molar-refractivity contribution in [1.82, 2.24) is 0 Å². The number of rotatable bonds is 2. The maximum atomic E-state index is 12.7. The van der Waals surface area contributed by atoms with Crippen molar-refractivity contribution in [3.8, 4) is 0 Å². The zero-order chi connectivity index (χ0) is 15.6. The topological polar surface area (TPSA) is 89.8 Å². The Morgan fingerprint density at radius 1 is 1.32 bits per heavy atom. The molecule has 0 aliphatic carbocycles. The molecule has 4 atom stereocenters. The molecule has 1 aromatic rings. The Kier molecular flexibility index (Phi) is 2.40. The minimum atomic E-state index is -0.766. The first-order valence-electron chi connectivity index (χ1n) is 6.92. The lowest BCUT2D eigenvalue weighted by molar-refractivity contribution is -0.384. The van der Waals surface area contributed by atoms with Gasteiger partial charge in [0.05, 0.1) is 34.2 Å². The largest absolute Gasteiger partial charge is 0.362 e. The summed E-state index contributed by atoms with van der Waals surface area (Å²) in [6.07, 6.45) is 3.24. The van der Waals surface area contributed by atoms with Crippen LogP contribution in [0, 0.1) is 22.0 Å². The summed E-state index contributed by atoms with van der Waals surface area (Å²) in [4.78, 5) is 36.7. The standard InChI is InChI=1S/C15H12N2O5/c1-15-6-5-10(22-15)11-12(15)14(19)16(13(11)18)8-3-2-4-9(7-8)17(20)21/h2-7,10-12H,1H3/t10-,11+,12-,15+/m1/s1. The SMILES string of the molecule is C[C@@]12C=C[C@@H](O1)[C@@H]1C(=O)N(c3cccc([N+](=O)[O-])c3)C(=O)[C@@H]12. The number of anilines is 1. The van der Waals surface area contributed by atoms with Gasteiger partial charge in [-0.25, -0.2) is 4.90 Å². The van der Waals surface area contributed by atoms with Crippen molar-refractivity contribution >= 4 is 23.2 Å². The zero-order valence-electron chi connectivity index (χ0n) is 11.6. The van der Waals surface area contributed by atoms with Crippen molar-refractivity contribution in [2.45, 2.75) is 18.6 Å². The third-order valence-corrected chi connectivity index (χ3v) is 4.63. The number of fused-ring (bicyclic) bond motifs is 5. The highest BCUT2D eigenvalue weighted by atomic mass is 16.6. The molecule has 2 bridgehead atoms. The molecule has 0 unspecified atom stereocenters. The molecule has 0 saturated carbocycles. The van der Waals surface area contributed by atoms with Crippen LogP contribution in [0.4, 0.5) is 11.4 Å². The van der Waals surface area contributed by atoms with Gasteiger partial charge >= 0.3 is 0 Å². The van der Waals surface area contributed by atoms with Crippen molar-refractivity contribution in [3.63, 3.8) is 0 Å². The van der Waals surface area contributed by atoms with Gasteiger partial charge in [0.25, 0.3) is 5.69 Å². The average Bonchev–Trinajstić information content (AvgIpc) is 3.08. The number of nitro groups is 1. The summed E-state index contributed by atoms with van der Waals surface area (Å²) in [6, 6.07) is 5.57. The van der Waals surface area contributed by atoms with E-state index in [0.717, 1.165) is 4.90 Å². The molecule has 1 aromatic carbocycles. The van der Waals surface area contributed by atoms with E-state index in [1.165, 1.54) is 24.3 Å². The first-order chi connectivity index (χ1) is 10.4. The molecule has 22 heavy (non-hydrogen) atoms. The number of nitro benzene ring substituents is 1. The molecule has 4 rings (SSSR count). The summed E-state index contributed by atoms with van der Waals surface area (Å²) in [5.74, 6) is -1.81. The lowest BCUT2D eigenvalue weighted by Gasteiger charge is -2.24. The van der Waals surface area contributed by atoms with Gasteiger partial charge in [-0.05, 0) is 13.0 Å². The van der Waals surface area contributed by atoms with Gasteiger partial charge in [0.2, 0.25) is 11.8 Å². The van der Waals surface area contributed by atoms with E-state index in [2.05, 4.69) is 0 Å². The fraction of sp³-hybridized carbons (Fsp3) is 0.333. The number of ether oxygens (including phenoxy) is 1. The first-order valence-corrected chi connectivity index (χ1v) is 6.92. The molecular formula is C15H12N2O5. The average molecular weight is 300 g/mol. The summed E-state index contributed by atoms with van der Waals surface area (Å²) < 4.78 is 5.73. The van der Waals surface area contributed by atoms with Crippen LogP contribution in [0.1, 0.15) is 6.92 Å². The van der Waals surface area contributed by atoms with Gasteiger partial charge < -0.3 is 4.74 Å². The van der Waals surface area contributed by atoms with E-state index >= 15 is 0 Å². The van der Waals surface area contributed by atoms with E-state index in [0.29, 0.717) is 0 Å². The summed E-state index contributed by atoms with van der Waals surface area (Å²) in [5.41, 5.74) is -0.683. The van der Waals surface area contributed by atoms with E-state index in [4.69, 9.17) is 4.74 Å². The van der Waals surface area contributed by atoms with Crippen LogP contribution >= 0.6 is 0 Å². The maximum absolute atomic E-state index is 12.7. The molecule has 2 saturated heterocycles. The molecule has 3 aliphatic heterocycles. The van der Waals surface area contributed by atoms with Gasteiger partial charge in [-0.2, -0.15) is 0 Å². The van der Waals surface area contributed by atoms with Gasteiger partial charge in [0, 0.05) is 12.1 Å². The van der Waals surface area contributed by atoms with Gasteiger partial charge in [0.15, 0.2) is 0 Å². The first kappa shape index (κ1) is 13.1. The highest BCUT2D eigenvalue weighted by molar-refractivity contribution is 6.23. The molecule has 0 aromatic heterocycles. The molecule has 3 heterocycles. The van der Waals surface area contributed by atoms with Gasteiger partial charge in [-0.3, -0.25) is 19.7 Å². The molecule has 112 valence electrons. The number of hydrogen-bond donors (Lipinski definition) is 0. The molecule has 7 nitrogen and oxygen atoms in total. The number of hydrogen-bond acceptors (Lipinski definition) is 5. The fourth-order valence-corrected chi connectivity index (χ4v) is 3.65.